The third kappa shape index (κ3) is 4.08. The molecule has 5 heteroatoms. The van der Waals surface area contributed by atoms with E-state index in [4.69, 9.17) is 9.15 Å². The number of nitrogens with one attached hydrogen (secondary N) is 1. The Labute approximate surface area is 130 Å². The molecular formula is C17H23NO4. The predicted molar refractivity (Wildman–Crippen MR) is 85.5 cm³/mol. The monoisotopic (exact) mass is 305 g/mol. The number of hydrogen-bond donors (Lipinski definition) is 2. The van der Waals surface area contributed by atoms with Crippen molar-refractivity contribution in [1.82, 2.24) is 5.32 Å². The Morgan fingerprint density at radius 3 is 2.68 bits per heavy atom. The van der Waals surface area contributed by atoms with Crippen LogP contribution in [0.1, 0.15) is 38.2 Å². The van der Waals surface area contributed by atoms with Crippen molar-refractivity contribution in [1.29, 1.82) is 0 Å². The molecule has 0 radical (unpaired) electrons. The molecule has 22 heavy (non-hydrogen) atoms. The van der Waals surface area contributed by atoms with Gasteiger partial charge in [0.15, 0.2) is 11.5 Å². The van der Waals surface area contributed by atoms with E-state index in [9.17, 15) is 9.90 Å². The average molecular weight is 305 g/mol. The van der Waals surface area contributed by atoms with Gasteiger partial charge in [-0.3, -0.25) is 4.79 Å². The molecule has 1 aromatic carbocycles. The fourth-order valence-electron chi connectivity index (χ4n) is 2.06. The lowest BCUT2D eigenvalue weighted by atomic mass is 10.1. The van der Waals surface area contributed by atoms with Gasteiger partial charge in [-0.1, -0.05) is 12.1 Å². The van der Waals surface area contributed by atoms with Crippen LogP contribution in [0.3, 0.4) is 0 Å². The number of ether oxygens (including phenoxy) is 1. The van der Waals surface area contributed by atoms with E-state index in [0.29, 0.717) is 17.9 Å². The molecule has 0 aliphatic heterocycles. The Balaban J connectivity index is 2.10. The summed E-state index contributed by atoms with van der Waals surface area (Å²) in [6, 6.07) is 7.31. The smallest absolute Gasteiger partial charge is 0.212 e. The van der Waals surface area contributed by atoms with Crippen molar-refractivity contribution in [2.24, 2.45) is 0 Å². The highest BCUT2D eigenvalue weighted by atomic mass is 16.5. The van der Waals surface area contributed by atoms with Crippen LogP contribution in [0.2, 0.25) is 0 Å². The molecule has 1 heterocycles. The number of fused-ring (bicyclic) bond motifs is 1. The number of para-hydroxylation sites is 1. The first-order valence-corrected chi connectivity index (χ1v) is 7.36. The van der Waals surface area contributed by atoms with Crippen LogP contribution in [-0.4, -0.2) is 35.7 Å². The molecule has 0 bridgehead atoms. The minimum Gasteiger partial charge on any atom is -0.486 e. The number of hydrogen-bond acceptors (Lipinski definition) is 5. The zero-order valence-corrected chi connectivity index (χ0v) is 13.5. The number of carbonyl (C=O) groups is 1. The van der Waals surface area contributed by atoms with Crippen molar-refractivity contribution < 1.29 is 19.1 Å². The molecule has 0 amide bonds. The highest BCUT2D eigenvalue weighted by Gasteiger charge is 2.20. The molecule has 0 fully saturated rings. The summed E-state index contributed by atoms with van der Waals surface area (Å²) < 4.78 is 11.2. The first-order valence-electron chi connectivity index (χ1n) is 7.36. The molecular weight excluding hydrogens is 282 g/mol. The summed E-state index contributed by atoms with van der Waals surface area (Å²) in [6.45, 7) is 8.01. The summed E-state index contributed by atoms with van der Waals surface area (Å²) >= 11 is 0. The number of benzene rings is 1. The van der Waals surface area contributed by atoms with Crippen molar-refractivity contribution >= 4 is 16.8 Å². The van der Waals surface area contributed by atoms with Gasteiger partial charge in [0.05, 0.1) is 5.39 Å². The minimum atomic E-state index is -0.673. The number of carbonyl (C=O) groups excluding carboxylic acids is 1. The van der Waals surface area contributed by atoms with Crippen LogP contribution >= 0.6 is 0 Å². The molecule has 1 atom stereocenters. The second-order valence-electron chi connectivity index (χ2n) is 6.41. The van der Waals surface area contributed by atoms with Gasteiger partial charge >= 0.3 is 0 Å². The van der Waals surface area contributed by atoms with Crippen molar-refractivity contribution in [2.75, 3.05) is 13.2 Å². The van der Waals surface area contributed by atoms with Gasteiger partial charge in [-0.05, 0) is 32.9 Å². The molecule has 1 aromatic heterocycles. The van der Waals surface area contributed by atoms with E-state index in [2.05, 4.69) is 5.32 Å². The van der Waals surface area contributed by atoms with Gasteiger partial charge in [-0.15, -0.1) is 0 Å². The van der Waals surface area contributed by atoms with E-state index in [1.54, 1.807) is 6.07 Å². The number of Topliss-reactive ketones (excluding diaryl/α,β-unsaturated/α-hetero) is 1. The van der Waals surface area contributed by atoms with Gasteiger partial charge in [-0.2, -0.15) is 0 Å². The highest BCUT2D eigenvalue weighted by Crippen LogP contribution is 2.33. The van der Waals surface area contributed by atoms with Crippen LogP contribution in [0.4, 0.5) is 0 Å². The van der Waals surface area contributed by atoms with Crippen LogP contribution < -0.4 is 10.1 Å². The first kappa shape index (κ1) is 16.5. The van der Waals surface area contributed by atoms with Crippen molar-refractivity contribution in [3.8, 4) is 5.75 Å². The van der Waals surface area contributed by atoms with E-state index < -0.39 is 6.10 Å². The molecule has 0 saturated carbocycles. The summed E-state index contributed by atoms with van der Waals surface area (Å²) in [4.78, 5) is 11.7. The molecule has 5 nitrogen and oxygen atoms in total. The normalized spacial score (nSPS) is 13.3. The third-order valence-corrected chi connectivity index (χ3v) is 3.16. The average Bonchev–Trinajstić information content (AvgIpc) is 2.81. The summed E-state index contributed by atoms with van der Waals surface area (Å²) in [6.07, 6.45) is -0.673. The van der Waals surface area contributed by atoms with Gasteiger partial charge < -0.3 is 19.6 Å². The maximum atomic E-state index is 11.7. The summed E-state index contributed by atoms with van der Waals surface area (Å²) in [5.74, 6) is 0.392. The van der Waals surface area contributed by atoms with Gasteiger partial charge in [0.25, 0.3) is 0 Å². The van der Waals surface area contributed by atoms with Gasteiger partial charge in [0.2, 0.25) is 5.76 Å². The maximum Gasteiger partial charge on any atom is 0.212 e. The topological polar surface area (TPSA) is 71.7 Å². The second-order valence-corrected chi connectivity index (χ2v) is 6.41. The Bertz CT molecular complexity index is 654. The zero-order valence-electron chi connectivity index (χ0n) is 13.5. The SMILES string of the molecule is CC(=O)c1oc2ccccc2c1OCC(O)CNC(C)(C)C. The fourth-order valence-corrected chi connectivity index (χ4v) is 2.06. The van der Waals surface area contributed by atoms with E-state index in [1.165, 1.54) is 6.92 Å². The van der Waals surface area contributed by atoms with Crippen LogP contribution in [0.15, 0.2) is 28.7 Å². The summed E-state index contributed by atoms with van der Waals surface area (Å²) in [5.41, 5.74) is 0.526. The number of rotatable bonds is 6. The van der Waals surface area contributed by atoms with Crippen LogP contribution in [-0.2, 0) is 0 Å². The van der Waals surface area contributed by atoms with Crippen molar-refractivity contribution in [2.45, 2.75) is 39.3 Å². The largest absolute Gasteiger partial charge is 0.486 e. The summed E-state index contributed by atoms with van der Waals surface area (Å²) in [7, 11) is 0. The molecule has 2 aromatic rings. The molecule has 2 N–H and O–H groups in total. The van der Waals surface area contributed by atoms with Gasteiger partial charge in [-0.25, -0.2) is 0 Å². The third-order valence-electron chi connectivity index (χ3n) is 3.16. The Hall–Kier alpha value is -1.85. The van der Waals surface area contributed by atoms with Crippen molar-refractivity contribution in [3.05, 3.63) is 30.0 Å². The molecule has 0 spiro atoms. The standard InChI is InChI=1S/C17H23NO4/c1-11(19)15-16(13-7-5-6-8-14(13)22-15)21-10-12(20)9-18-17(2,3)4/h5-8,12,18,20H,9-10H2,1-4H3. The van der Waals surface area contributed by atoms with Crippen LogP contribution in [0.25, 0.3) is 11.0 Å². The summed E-state index contributed by atoms with van der Waals surface area (Å²) in [5, 5.41) is 14.0. The molecule has 2 rings (SSSR count). The molecule has 0 aliphatic rings. The van der Waals surface area contributed by atoms with Gasteiger partial charge in [0, 0.05) is 19.0 Å². The van der Waals surface area contributed by atoms with Crippen LogP contribution in [0, 0.1) is 0 Å². The van der Waals surface area contributed by atoms with Gasteiger partial charge in [0.1, 0.15) is 18.3 Å². The first-order chi connectivity index (χ1) is 10.3. The lowest BCUT2D eigenvalue weighted by Gasteiger charge is -2.22. The number of ketones is 1. The zero-order chi connectivity index (χ0) is 16.3. The number of β-amino-alcohol motifs (C(OH)–C–C–N with tert-alkyl or cyclic N) is 1. The Morgan fingerprint density at radius 1 is 1.36 bits per heavy atom. The Kier molecular flexibility index (Phi) is 4.88. The predicted octanol–water partition coefficient (Wildman–Crippen LogP) is 2.76. The van der Waals surface area contributed by atoms with Crippen LogP contribution in [0.5, 0.6) is 5.75 Å². The van der Waals surface area contributed by atoms with E-state index in [1.807, 2.05) is 39.0 Å². The Morgan fingerprint density at radius 2 is 2.05 bits per heavy atom. The lowest BCUT2D eigenvalue weighted by molar-refractivity contribution is 0.0929. The van der Waals surface area contributed by atoms with E-state index in [-0.39, 0.29) is 23.7 Å². The highest BCUT2D eigenvalue weighted by molar-refractivity contribution is 6.01. The van der Waals surface area contributed by atoms with E-state index >= 15 is 0 Å². The van der Waals surface area contributed by atoms with Crippen molar-refractivity contribution in [3.63, 3.8) is 0 Å². The molecule has 1 unspecified atom stereocenters. The van der Waals surface area contributed by atoms with E-state index in [0.717, 1.165) is 5.39 Å². The minimum absolute atomic E-state index is 0.0755. The molecule has 0 saturated heterocycles. The number of aliphatic hydroxyl groups excluding tert-OH is 1. The maximum absolute atomic E-state index is 11.7. The quantitative estimate of drug-likeness (QED) is 0.803. The molecule has 0 aliphatic carbocycles. The number of furan rings is 1. The number of aliphatic hydroxyl groups is 1. The second kappa shape index (κ2) is 6.50. The molecule has 120 valence electrons. The fraction of sp³-hybridized carbons (Fsp3) is 0.471. The lowest BCUT2D eigenvalue weighted by Crippen LogP contribution is -2.42.